The Morgan fingerprint density at radius 3 is 2.42 bits per heavy atom. The molecule has 1 saturated carbocycles. The van der Waals surface area contributed by atoms with Crippen molar-refractivity contribution in [1.29, 1.82) is 0 Å². The van der Waals surface area contributed by atoms with E-state index in [4.69, 9.17) is 9.84 Å². The van der Waals surface area contributed by atoms with E-state index in [2.05, 4.69) is 17.0 Å². The number of benzene rings is 1. The van der Waals surface area contributed by atoms with Crippen molar-refractivity contribution < 1.29 is 9.84 Å². The lowest BCUT2D eigenvalue weighted by Crippen LogP contribution is -2.31. The molecule has 0 amide bonds. The predicted octanol–water partition coefficient (Wildman–Crippen LogP) is 2.18. The maximum Gasteiger partial charge on any atom is 0.0681 e. The van der Waals surface area contributed by atoms with Gasteiger partial charge in [0.05, 0.1) is 13.2 Å². The second-order valence-electron chi connectivity index (χ2n) is 5.86. The Morgan fingerprint density at radius 1 is 1.11 bits per heavy atom. The second kappa shape index (κ2) is 6.04. The van der Waals surface area contributed by atoms with Gasteiger partial charge in [0.25, 0.3) is 0 Å². The minimum absolute atomic E-state index is 0.131. The van der Waals surface area contributed by atoms with Crippen molar-refractivity contribution in [1.82, 2.24) is 4.90 Å². The summed E-state index contributed by atoms with van der Waals surface area (Å²) in [6.07, 6.45) is 3.91. The first-order valence-corrected chi connectivity index (χ1v) is 7.35. The largest absolute Gasteiger partial charge is 0.392 e. The van der Waals surface area contributed by atoms with Gasteiger partial charge in [-0.1, -0.05) is 24.3 Å². The van der Waals surface area contributed by atoms with E-state index in [1.807, 2.05) is 12.1 Å². The van der Waals surface area contributed by atoms with Crippen LogP contribution in [0.5, 0.6) is 0 Å². The number of rotatable bonds is 6. The molecular weight excluding hydrogens is 238 g/mol. The SMILES string of the molecule is OCc1ccc(CN(CC2CCOC2)C2CC2)cc1. The van der Waals surface area contributed by atoms with Gasteiger partial charge in [-0.15, -0.1) is 0 Å². The lowest BCUT2D eigenvalue weighted by molar-refractivity contribution is 0.161. The molecule has 1 aliphatic heterocycles. The van der Waals surface area contributed by atoms with Crippen LogP contribution >= 0.6 is 0 Å². The van der Waals surface area contributed by atoms with E-state index >= 15 is 0 Å². The Balaban J connectivity index is 1.59. The molecule has 19 heavy (non-hydrogen) atoms. The Hall–Kier alpha value is -0.900. The maximum atomic E-state index is 9.07. The lowest BCUT2D eigenvalue weighted by atomic mass is 10.1. The Morgan fingerprint density at radius 2 is 1.84 bits per heavy atom. The fraction of sp³-hybridized carbons (Fsp3) is 0.625. The van der Waals surface area contributed by atoms with E-state index in [-0.39, 0.29) is 6.61 Å². The summed E-state index contributed by atoms with van der Waals surface area (Å²) < 4.78 is 5.48. The summed E-state index contributed by atoms with van der Waals surface area (Å²) in [5.41, 5.74) is 2.34. The maximum absolute atomic E-state index is 9.07. The molecular formula is C16H23NO2. The highest BCUT2D eigenvalue weighted by atomic mass is 16.5. The third kappa shape index (κ3) is 3.56. The molecule has 0 aromatic heterocycles. The van der Waals surface area contributed by atoms with Crippen molar-refractivity contribution in [2.75, 3.05) is 19.8 Å². The molecule has 2 aliphatic rings. The topological polar surface area (TPSA) is 32.7 Å². The van der Waals surface area contributed by atoms with Crippen LogP contribution in [-0.2, 0) is 17.9 Å². The zero-order chi connectivity index (χ0) is 13.1. The van der Waals surface area contributed by atoms with Gasteiger partial charge in [0.1, 0.15) is 0 Å². The smallest absolute Gasteiger partial charge is 0.0681 e. The first-order valence-electron chi connectivity index (χ1n) is 7.35. The summed E-state index contributed by atoms with van der Waals surface area (Å²) in [5.74, 6) is 0.720. The van der Waals surface area contributed by atoms with E-state index in [1.54, 1.807) is 0 Å². The normalized spacial score (nSPS) is 23.2. The van der Waals surface area contributed by atoms with E-state index in [0.717, 1.165) is 37.3 Å². The van der Waals surface area contributed by atoms with E-state index < -0.39 is 0 Å². The Kier molecular flexibility index (Phi) is 4.16. The molecule has 0 spiro atoms. The number of ether oxygens (including phenoxy) is 1. The summed E-state index contributed by atoms with van der Waals surface area (Å²) in [4.78, 5) is 2.62. The zero-order valence-electron chi connectivity index (χ0n) is 11.4. The molecule has 3 nitrogen and oxygen atoms in total. The van der Waals surface area contributed by atoms with Crippen LogP contribution in [0.1, 0.15) is 30.4 Å². The summed E-state index contributed by atoms with van der Waals surface area (Å²) in [6, 6.07) is 9.13. The van der Waals surface area contributed by atoms with Crippen LogP contribution in [-0.4, -0.2) is 35.8 Å². The van der Waals surface area contributed by atoms with Crippen LogP contribution in [0, 0.1) is 5.92 Å². The van der Waals surface area contributed by atoms with Crippen LogP contribution in [0.2, 0.25) is 0 Å². The molecule has 1 N–H and O–H groups in total. The molecule has 1 aliphatic carbocycles. The average molecular weight is 261 g/mol. The highest BCUT2D eigenvalue weighted by molar-refractivity contribution is 5.22. The van der Waals surface area contributed by atoms with Crippen molar-refractivity contribution in [2.45, 2.75) is 38.5 Å². The van der Waals surface area contributed by atoms with Crippen LogP contribution in [0.15, 0.2) is 24.3 Å². The second-order valence-corrected chi connectivity index (χ2v) is 5.86. The molecule has 2 fully saturated rings. The van der Waals surface area contributed by atoms with Gasteiger partial charge in [0, 0.05) is 25.7 Å². The Labute approximate surface area is 115 Å². The average Bonchev–Trinajstić information content (AvgIpc) is 3.17. The Bertz CT molecular complexity index is 394. The minimum Gasteiger partial charge on any atom is -0.392 e. The molecule has 1 aromatic carbocycles. The lowest BCUT2D eigenvalue weighted by Gasteiger charge is -2.25. The first-order chi connectivity index (χ1) is 9.35. The van der Waals surface area contributed by atoms with Gasteiger partial charge in [-0.05, 0) is 36.3 Å². The van der Waals surface area contributed by atoms with Crippen molar-refractivity contribution in [2.24, 2.45) is 5.92 Å². The molecule has 3 heteroatoms. The highest BCUT2D eigenvalue weighted by Gasteiger charge is 2.31. The number of aliphatic hydroxyl groups is 1. The van der Waals surface area contributed by atoms with Gasteiger partial charge in [0.2, 0.25) is 0 Å². The van der Waals surface area contributed by atoms with Crippen molar-refractivity contribution >= 4 is 0 Å². The van der Waals surface area contributed by atoms with Gasteiger partial charge in [0.15, 0.2) is 0 Å². The summed E-state index contributed by atoms with van der Waals surface area (Å²) in [6.45, 7) is 4.21. The predicted molar refractivity (Wildman–Crippen MR) is 74.7 cm³/mol. The molecule has 1 unspecified atom stereocenters. The third-order valence-electron chi connectivity index (χ3n) is 4.17. The number of hydrogen-bond acceptors (Lipinski definition) is 3. The van der Waals surface area contributed by atoms with Gasteiger partial charge < -0.3 is 9.84 Å². The van der Waals surface area contributed by atoms with Gasteiger partial charge >= 0.3 is 0 Å². The van der Waals surface area contributed by atoms with Crippen molar-refractivity contribution in [3.63, 3.8) is 0 Å². The zero-order valence-corrected chi connectivity index (χ0v) is 11.4. The first kappa shape index (κ1) is 13.1. The van der Waals surface area contributed by atoms with Gasteiger partial charge in [-0.25, -0.2) is 0 Å². The summed E-state index contributed by atoms with van der Waals surface area (Å²) in [5, 5.41) is 9.07. The summed E-state index contributed by atoms with van der Waals surface area (Å²) >= 11 is 0. The van der Waals surface area contributed by atoms with Crippen molar-refractivity contribution in [3.05, 3.63) is 35.4 Å². The van der Waals surface area contributed by atoms with E-state index in [0.29, 0.717) is 0 Å². The van der Waals surface area contributed by atoms with Gasteiger partial charge in [-0.2, -0.15) is 0 Å². The third-order valence-corrected chi connectivity index (χ3v) is 4.17. The molecule has 1 saturated heterocycles. The molecule has 1 aromatic rings. The quantitative estimate of drug-likeness (QED) is 0.852. The van der Waals surface area contributed by atoms with Crippen LogP contribution in [0.3, 0.4) is 0 Å². The minimum atomic E-state index is 0.131. The number of aliphatic hydroxyl groups excluding tert-OH is 1. The monoisotopic (exact) mass is 261 g/mol. The number of nitrogens with zero attached hydrogens (tertiary/aromatic N) is 1. The molecule has 0 bridgehead atoms. The summed E-state index contributed by atoms with van der Waals surface area (Å²) in [7, 11) is 0. The fourth-order valence-electron chi connectivity index (χ4n) is 2.83. The van der Waals surface area contributed by atoms with Crippen LogP contribution in [0.25, 0.3) is 0 Å². The molecule has 0 radical (unpaired) electrons. The van der Waals surface area contributed by atoms with Crippen LogP contribution < -0.4 is 0 Å². The van der Waals surface area contributed by atoms with Crippen molar-refractivity contribution in [3.8, 4) is 0 Å². The molecule has 3 rings (SSSR count). The molecule has 1 heterocycles. The number of hydrogen-bond donors (Lipinski definition) is 1. The van der Waals surface area contributed by atoms with Gasteiger partial charge in [-0.3, -0.25) is 4.90 Å². The molecule has 1 atom stereocenters. The van der Waals surface area contributed by atoms with E-state index in [9.17, 15) is 0 Å². The van der Waals surface area contributed by atoms with E-state index in [1.165, 1.54) is 31.4 Å². The molecule has 104 valence electrons. The standard InChI is InChI=1S/C16H23NO2/c18-11-14-3-1-13(2-4-14)9-17(16-5-6-16)10-15-7-8-19-12-15/h1-4,15-16,18H,5-12H2. The highest BCUT2D eigenvalue weighted by Crippen LogP contribution is 2.30. The fourth-order valence-corrected chi connectivity index (χ4v) is 2.83. The van der Waals surface area contributed by atoms with Crippen LogP contribution in [0.4, 0.5) is 0 Å².